The third-order valence-corrected chi connectivity index (χ3v) is 18.4. The van der Waals surface area contributed by atoms with Crippen LogP contribution in [0.3, 0.4) is 0 Å². The summed E-state index contributed by atoms with van der Waals surface area (Å²) < 4.78 is 22.6. The lowest BCUT2D eigenvalue weighted by atomic mass is 9.42. The van der Waals surface area contributed by atoms with E-state index in [-0.39, 0.29) is 83.6 Å². The van der Waals surface area contributed by atoms with E-state index in [1.54, 1.807) is 0 Å². The highest BCUT2D eigenvalue weighted by molar-refractivity contribution is 8.00. The van der Waals surface area contributed by atoms with E-state index < -0.39 is 17.1 Å². The third kappa shape index (κ3) is 11.3. The van der Waals surface area contributed by atoms with Crippen LogP contribution >= 0.6 is 11.8 Å². The number of unbranched alkanes of at least 4 members (excludes halogenated alkanes) is 3. The van der Waals surface area contributed by atoms with Crippen molar-refractivity contribution in [2.24, 2.45) is 40.4 Å². The number of aliphatic hydroxyl groups is 2. The minimum absolute atomic E-state index is 0.00474. The zero-order chi connectivity index (χ0) is 45.3. The molecule has 0 radical (unpaired) electrons. The molecular weight excluding hydrogens is 843 g/mol. The minimum atomic E-state index is -0.951. The number of urea groups is 1. The normalized spacial score (nSPS) is 37.4. The van der Waals surface area contributed by atoms with Crippen LogP contribution in [0.4, 0.5) is 4.79 Å². The van der Waals surface area contributed by atoms with Crippen LogP contribution in [-0.2, 0) is 38.1 Å². The van der Waals surface area contributed by atoms with Crippen molar-refractivity contribution in [2.45, 2.75) is 158 Å². The second kappa shape index (κ2) is 22.4. The van der Waals surface area contributed by atoms with Crippen molar-refractivity contribution in [3.05, 3.63) is 0 Å². The average Bonchev–Trinajstić information content (AvgIpc) is 4.04. The molecule has 7 N–H and O–H groups in total. The molecule has 5 amide bonds. The maximum absolute atomic E-state index is 12.7. The molecule has 0 spiro atoms. The van der Waals surface area contributed by atoms with E-state index in [0.29, 0.717) is 95.9 Å². The van der Waals surface area contributed by atoms with Gasteiger partial charge in [0, 0.05) is 54.8 Å². The number of cyclic esters (lactones) is 1. The second-order valence-corrected chi connectivity index (χ2v) is 21.7. The molecule has 3 aliphatic heterocycles. The SMILES string of the molecule is C[C@]12CC[C@H](OCC(=O)NCCCCCC(=O)NCCOCCOCCNC(=O)CCCC[C@@H]3SC[C@@H]4NC(=O)N[C@@H]43)C[C@H]1CC[C@@H]1[C@@H]2C[C@@H](O)[C@]2(C)[C@@H](C3COC(=O)C3)CC[C@]12O. The number of hydrogen-bond donors (Lipinski definition) is 7. The van der Waals surface area contributed by atoms with Crippen molar-refractivity contribution in [1.29, 1.82) is 0 Å². The zero-order valence-electron chi connectivity index (χ0n) is 38.3. The van der Waals surface area contributed by atoms with Gasteiger partial charge in [-0.2, -0.15) is 11.8 Å². The fourth-order valence-corrected chi connectivity index (χ4v) is 14.8. The number of esters is 1. The fraction of sp³-hybridized carbons (Fsp3) is 0.894. The molecule has 4 saturated carbocycles. The van der Waals surface area contributed by atoms with Crippen LogP contribution in [0, 0.1) is 40.4 Å². The topological polar surface area (TPSA) is 223 Å². The molecule has 3 saturated heterocycles. The van der Waals surface area contributed by atoms with Gasteiger partial charge in [-0.3, -0.25) is 19.2 Å². The third-order valence-electron chi connectivity index (χ3n) is 16.9. The molecule has 1 unspecified atom stereocenters. The Morgan fingerprint density at radius 2 is 1.52 bits per heavy atom. The van der Waals surface area contributed by atoms with Gasteiger partial charge in [-0.15, -0.1) is 0 Å². The molecule has 64 heavy (non-hydrogen) atoms. The number of amides is 5. The maximum Gasteiger partial charge on any atom is 0.315 e. The minimum Gasteiger partial charge on any atom is -0.465 e. The summed E-state index contributed by atoms with van der Waals surface area (Å²) in [4.78, 5) is 60.5. The van der Waals surface area contributed by atoms with Crippen LogP contribution in [0.5, 0.6) is 0 Å². The molecular formula is C47H77N5O11S. The number of fused-ring (bicyclic) bond motifs is 6. The molecule has 7 aliphatic rings. The maximum atomic E-state index is 12.7. The summed E-state index contributed by atoms with van der Waals surface area (Å²) in [5, 5.41) is 39.4. The molecule has 0 aromatic rings. The number of rotatable bonds is 24. The smallest absolute Gasteiger partial charge is 0.315 e. The first-order valence-corrected chi connectivity index (χ1v) is 25.7. The molecule has 7 rings (SSSR count). The highest BCUT2D eigenvalue weighted by Crippen LogP contribution is 2.70. The van der Waals surface area contributed by atoms with E-state index in [9.17, 15) is 34.2 Å². The Hall–Kier alpha value is -2.70. The average molecular weight is 920 g/mol. The lowest BCUT2D eigenvalue weighted by molar-refractivity contribution is -0.251. The van der Waals surface area contributed by atoms with Crippen molar-refractivity contribution in [3.63, 3.8) is 0 Å². The van der Waals surface area contributed by atoms with Gasteiger partial charge in [0.2, 0.25) is 17.7 Å². The Balaban J connectivity index is 0.653. The zero-order valence-corrected chi connectivity index (χ0v) is 39.2. The first kappa shape index (κ1) is 49.2. The quantitative estimate of drug-likeness (QED) is 0.0421. The second-order valence-electron chi connectivity index (χ2n) is 20.4. The molecule has 13 atom stereocenters. The van der Waals surface area contributed by atoms with Crippen LogP contribution in [0.1, 0.15) is 123 Å². The molecule has 16 nitrogen and oxygen atoms in total. The summed E-state index contributed by atoms with van der Waals surface area (Å²) in [6, 6.07) is 0.363. The first-order chi connectivity index (χ1) is 30.8. The van der Waals surface area contributed by atoms with Gasteiger partial charge >= 0.3 is 12.0 Å². The molecule has 0 bridgehead atoms. The number of nitrogens with one attached hydrogen (secondary N) is 5. The number of carbonyl (C=O) groups is 5. The molecule has 0 aromatic carbocycles. The fourth-order valence-electron chi connectivity index (χ4n) is 13.3. The van der Waals surface area contributed by atoms with E-state index in [1.807, 2.05) is 11.8 Å². The van der Waals surface area contributed by atoms with E-state index in [0.717, 1.165) is 82.8 Å². The lowest BCUT2D eigenvalue weighted by Gasteiger charge is -2.65. The van der Waals surface area contributed by atoms with Gasteiger partial charge in [0.15, 0.2) is 0 Å². The molecule has 3 heterocycles. The Bertz CT molecular complexity index is 1630. The Kier molecular flexibility index (Phi) is 17.2. The van der Waals surface area contributed by atoms with E-state index >= 15 is 0 Å². The Morgan fingerprint density at radius 1 is 0.797 bits per heavy atom. The van der Waals surface area contributed by atoms with Gasteiger partial charge in [-0.25, -0.2) is 4.79 Å². The predicted octanol–water partition coefficient (Wildman–Crippen LogP) is 3.35. The van der Waals surface area contributed by atoms with Gasteiger partial charge in [0.1, 0.15) is 6.61 Å². The van der Waals surface area contributed by atoms with Crippen molar-refractivity contribution >= 4 is 41.5 Å². The van der Waals surface area contributed by atoms with Crippen LogP contribution < -0.4 is 26.6 Å². The van der Waals surface area contributed by atoms with E-state index in [4.69, 9.17) is 18.9 Å². The number of carbonyl (C=O) groups excluding carboxylic acids is 5. The van der Waals surface area contributed by atoms with Crippen LogP contribution in [0.25, 0.3) is 0 Å². The highest BCUT2D eigenvalue weighted by atomic mass is 32.2. The molecule has 0 aromatic heterocycles. The van der Waals surface area contributed by atoms with Crippen molar-refractivity contribution in [1.82, 2.24) is 26.6 Å². The largest absolute Gasteiger partial charge is 0.465 e. The van der Waals surface area contributed by atoms with Crippen LogP contribution in [-0.4, -0.2) is 140 Å². The number of thioether (sulfide) groups is 1. The monoisotopic (exact) mass is 920 g/mol. The van der Waals surface area contributed by atoms with Gasteiger partial charge in [0.25, 0.3) is 0 Å². The summed E-state index contributed by atoms with van der Waals surface area (Å²) >= 11 is 1.89. The number of ether oxygens (including phenoxy) is 4. The number of aliphatic hydroxyl groups excluding tert-OH is 1. The number of hydrogen-bond acceptors (Lipinski definition) is 12. The van der Waals surface area contributed by atoms with Gasteiger partial charge < -0.3 is 55.7 Å². The summed E-state index contributed by atoms with van der Waals surface area (Å²) in [6.45, 7) is 7.90. The first-order valence-electron chi connectivity index (χ1n) is 24.6. The molecule has 362 valence electrons. The summed E-state index contributed by atoms with van der Waals surface area (Å²) in [7, 11) is 0. The molecule has 7 fully saturated rings. The molecule has 4 aliphatic carbocycles. The standard InChI is InChI=1S/C47H77N5O11S/c1-45-15-13-32(25-31(45)11-12-34-35(45)26-38(53)46(2)33(14-16-47(34,46)59)30-24-42(57)63-27-30)62-28-41(56)48-17-7-3-4-9-39(54)49-18-20-60-22-23-61-21-19-50-40(55)10-6-5-8-37-43-36(29-64-37)51-44(58)52-43/h30-38,43,53,59H,3-29H2,1-2H3,(H,48,56)(H,49,54)(H,50,55)(H2,51,52,58)/t30?,31-,32+,33-,34-,35+,36+,37+,38-,43+,45+,46+,47+/m1/s1. The van der Waals surface area contributed by atoms with E-state index in [2.05, 4.69) is 40.4 Å². The summed E-state index contributed by atoms with van der Waals surface area (Å²) in [5.41, 5.74) is -1.60. The van der Waals surface area contributed by atoms with Gasteiger partial charge in [-0.05, 0) is 106 Å². The molecule has 17 heteroatoms. The summed E-state index contributed by atoms with van der Waals surface area (Å²) in [5.74, 6) is 1.55. The van der Waals surface area contributed by atoms with E-state index in [1.165, 1.54) is 0 Å². The van der Waals surface area contributed by atoms with Gasteiger partial charge in [0.05, 0.1) is 69.3 Å². The van der Waals surface area contributed by atoms with Crippen LogP contribution in [0.15, 0.2) is 0 Å². The van der Waals surface area contributed by atoms with Crippen molar-refractivity contribution in [2.75, 3.05) is 65.0 Å². The van der Waals surface area contributed by atoms with Crippen molar-refractivity contribution in [3.8, 4) is 0 Å². The summed E-state index contributed by atoms with van der Waals surface area (Å²) in [6.07, 6.45) is 12.6. The lowest BCUT2D eigenvalue weighted by Crippen LogP contribution is -2.67. The predicted molar refractivity (Wildman–Crippen MR) is 240 cm³/mol. The van der Waals surface area contributed by atoms with Crippen LogP contribution in [0.2, 0.25) is 0 Å². The van der Waals surface area contributed by atoms with Crippen molar-refractivity contribution < 1.29 is 53.1 Å². The Morgan fingerprint density at radius 3 is 2.23 bits per heavy atom. The Labute approximate surface area is 383 Å². The van der Waals surface area contributed by atoms with Gasteiger partial charge in [-0.1, -0.05) is 26.7 Å². The highest BCUT2D eigenvalue weighted by Gasteiger charge is 2.71.